The summed E-state index contributed by atoms with van der Waals surface area (Å²) >= 11 is 6.58. The SMILES string of the molecule is Fc1c(-c2ccc(-c3cc4cc5cc6sc(-c7ccc(-c8oc9ccccc9c8F)s7)cc6cc5cc4s3)s2)oc2ccccc12. The molecule has 0 N–H and O–H groups in total. The van der Waals surface area contributed by atoms with Crippen molar-refractivity contribution < 1.29 is 17.6 Å². The standard InChI is InChI=1S/C38H18F2O2S4/c39-35-23-5-1-3-7-25(23)41-37(35)29-11-9-27(43-29)33-17-21-13-19-16-32-22(14-20(19)15-31(21)45-33)18-34(46-32)28-10-12-30(44-28)38-36(40)24-6-2-4-8-26(24)42-38/h1-18H. The smallest absolute Gasteiger partial charge is 0.181 e. The van der Waals surface area contributed by atoms with Crippen LogP contribution < -0.4 is 0 Å². The molecule has 8 heteroatoms. The van der Waals surface area contributed by atoms with Crippen LogP contribution in [0.1, 0.15) is 0 Å². The molecule has 0 aliphatic carbocycles. The minimum absolute atomic E-state index is 0.296. The predicted molar refractivity (Wildman–Crippen MR) is 192 cm³/mol. The number of halogens is 2. The third-order valence-corrected chi connectivity index (χ3v) is 13.1. The third-order valence-electron chi connectivity index (χ3n) is 8.33. The van der Waals surface area contributed by atoms with Gasteiger partial charge in [-0.15, -0.1) is 45.3 Å². The third kappa shape index (κ3) is 4.08. The first-order valence-corrected chi connectivity index (χ1v) is 17.8. The molecule has 0 amide bonds. The van der Waals surface area contributed by atoms with E-state index < -0.39 is 0 Å². The fourth-order valence-electron chi connectivity index (χ4n) is 6.10. The minimum Gasteiger partial charge on any atom is -0.452 e. The maximum atomic E-state index is 15.1. The highest BCUT2D eigenvalue weighted by Gasteiger charge is 2.20. The first-order valence-electron chi connectivity index (χ1n) is 14.5. The zero-order valence-electron chi connectivity index (χ0n) is 23.6. The molecule has 0 saturated heterocycles. The first kappa shape index (κ1) is 26.6. The van der Waals surface area contributed by atoms with E-state index in [1.807, 2.05) is 48.5 Å². The highest BCUT2D eigenvalue weighted by molar-refractivity contribution is 7.27. The average Bonchev–Trinajstić information content (AvgIpc) is 3.91. The normalized spacial score (nSPS) is 12.1. The van der Waals surface area contributed by atoms with Crippen LogP contribution in [-0.4, -0.2) is 0 Å². The molecule has 0 aliphatic heterocycles. The maximum absolute atomic E-state index is 15.1. The molecule has 46 heavy (non-hydrogen) atoms. The van der Waals surface area contributed by atoms with Gasteiger partial charge in [-0.25, -0.2) is 8.78 Å². The Bertz CT molecular complexity index is 2540. The molecule has 10 aromatic rings. The van der Waals surface area contributed by atoms with Crippen molar-refractivity contribution in [2.45, 2.75) is 0 Å². The van der Waals surface area contributed by atoms with Gasteiger partial charge in [-0.3, -0.25) is 0 Å². The quantitative estimate of drug-likeness (QED) is 0.186. The van der Waals surface area contributed by atoms with Crippen LogP contribution in [0, 0.1) is 11.6 Å². The fraction of sp³-hybridized carbons (Fsp3) is 0. The van der Waals surface area contributed by atoms with Gasteiger partial charge in [0, 0.05) is 28.9 Å². The van der Waals surface area contributed by atoms with Gasteiger partial charge in [0.1, 0.15) is 11.2 Å². The van der Waals surface area contributed by atoms with Crippen LogP contribution in [0.15, 0.2) is 118 Å². The van der Waals surface area contributed by atoms with Crippen molar-refractivity contribution in [2.24, 2.45) is 0 Å². The largest absolute Gasteiger partial charge is 0.452 e. The zero-order chi connectivity index (χ0) is 30.5. The Morgan fingerprint density at radius 3 is 1.28 bits per heavy atom. The van der Waals surface area contributed by atoms with Crippen LogP contribution in [0.5, 0.6) is 0 Å². The molecule has 0 unspecified atom stereocenters. The van der Waals surface area contributed by atoms with E-state index in [2.05, 4.69) is 36.4 Å². The summed E-state index contributed by atoms with van der Waals surface area (Å²) in [5, 5.41) is 5.75. The first-order chi connectivity index (χ1) is 22.6. The van der Waals surface area contributed by atoms with Gasteiger partial charge in [0.25, 0.3) is 0 Å². The highest BCUT2D eigenvalue weighted by atomic mass is 32.1. The molecule has 0 radical (unpaired) electrons. The average molecular weight is 673 g/mol. The maximum Gasteiger partial charge on any atom is 0.181 e. The Kier molecular flexibility index (Phi) is 5.75. The Labute approximate surface area is 276 Å². The van der Waals surface area contributed by atoms with Crippen molar-refractivity contribution in [2.75, 3.05) is 0 Å². The zero-order valence-corrected chi connectivity index (χ0v) is 26.9. The summed E-state index contributed by atoms with van der Waals surface area (Å²) in [5.41, 5.74) is 1.12. The van der Waals surface area contributed by atoms with Gasteiger partial charge in [-0.05, 0) is 106 Å². The van der Waals surface area contributed by atoms with Crippen molar-refractivity contribution in [3.63, 3.8) is 0 Å². The summed E-state index contributed by atoms with van der Waals surface area (Å²) in [4.78, 5) is 6.03. The Morgan fingerprint density at radius 1 is 0.391 bits per heavy atom. The van der Waals surface area contributed by atoms with Gasteiger partial charge in [-0.1, -0.05) is 24.3 Å². The molecule has 10 rings (SSSR count). The van der Waals surface area contributed by atoms with E-state index in [0.717, 1.165) is 29.3 Å². The molecule has 0 bridgehead atoms. The molecule has 0 fully saturated rings. The number of hydrogen-bond acceptors (Lipinski definition) is 6. The number of hydrogen-bond donors (Lipinski definition) is 0. The van der Waals surface area contributed by atoms with E-state index in [4.69, 9.17) is 8.83 Å². The van der Waals surface area contributed by atoms with Crippen LogP contribution in [0.4, 0.5) is 8.78 Å². The Hall–Kier alpha value is -4.60. The summed E-state index contributed by atoms with van der Waals surface area (Å²) in [6.07, 6.45) is 0. The number of furan rings is 2. The molecule has 6 heterocycles. The summed E-state index contributed by atoms with van der Waals surface area (Å²) in [5.74, 6) is -0.0305. The van der Waals surface area contributed by atoms with Crippen molar-refractivity contribution >= 4 is 98.2 Å². The second-order valence-corrected chi connectivity index (χ2v) is 15.5. The van der Waals surface area contributed by atoms with Crippen molar-refractivity contribution in [3.05, 3.63) is 121 Å². The van der Waals surface area contributed by atoms with Gasteiger partial charge < -0.3 is 8.83 Å². The number of fused-ring (bicyclic) bond motifs is 5. The van der Waals surface area contributed by atoms with E-state index in [9.17, 15) is 0 Å². The van der Waals surface area contributed by atoms with Crippen molar-refractivity contribution in [1.29, 1.82) is 0 Å². The van der Waals surface area contributed by atoms with Crippen LogP contribution in [0.3, 0.4) is 0 Å². The molecular formula is C38H18F2O2S4. The molecule has 4 aromatic carbocycles. The Balaban J connectivity index is 0.986. The van der Waals surface area contributed by atoms with E-state index >= 15 is 8.78 Å². The topological polar surface area (TPSA) is 26.3 Å². The summed E-state index contributed by atoms with van der Waals surface area (Å²) in [6.45, 7) is 0. The number of benzene rings is 4. The summed E-state index contributed by atoms with van der Waals surface area (Å²) in [6, 6.07) is 35.9. The van der Waals surface area contributed by atoms with E-state index in [1.54, 1.807) is 69.6 Å². The van der Waals surface area contributed by atoms with Crippen LogP contribution in [-0.2, 0) is 0 Å². The van der Waals surface area contributed by atoms with Crippen LogP contribution >= 0.6 is 45.3 Å². The molecule has 2 nitrogen and oxygen atoms in total. The lowest BCUT2D eigenvalue weighted by atomic mass is 10.1. The monoisotopic (exact) mass is 672 g/mol. The molecule has 0 atom stereocenters. The van der Waals surface area contributed by atoms with E-state index in [0.29, 0.717) is 33.5 Å². The highest BCUT2D eigenvalue weighted by Crippen LogP contribution is 2.45. The second kappa shape index (κ2) is 9.95. The molecule has 0 saturated carbocycles. The van der Waals surface area contributed by atoms with Gasteiger partial charge in [0.2, 0.25) is 0 Å². The Morgan fingerprint density at radius 2 is 0.826 bits per heavy atom. The fourth-order valence-corrected chi connectivity index (χ4v) is 10.4. The number of para-hydroxylation sites is 2. The van der Waals surface area contributed by atoms with E-state index in [1.165, 1.54) is 30.9 Å². The van der Waals surface area contributed by atoms with E-state index in [-0.39, 0.29) is 11.6 Å². The summed E-state index contributed by atoms with van der Waals surface area (Å²) in [7, 11) is 0. The molecule has 220 valence electrons. The molecule has 0 aliphatic rings. The van der Waals surface area contributed by atoms with Crippen molar-refractivity contribution in [3.8, 4) is 40.8 Å². The molecular weight excluding hydrogens is 655 g/mol. The number of thiophene rings is 4. The minimum atomic E-state index is -0.311. The lowest BCUT2D eigenvalue weighted by molar-refractivity contribution is 0.575. The molecule has 0 spiro atoms. The van der Waals surface area contributed by atoms with Gasteiger partial charge in [0.15, 0.2) is 23.2 Å². The number of rotatable bonds is 4. The van der Waals surface area contributed by atoms with Crippen molar-refractivity contribution in [1.82, 2.24) is 0 Å². The lowest BCUT2D eigenvalue weighted by Crippen LogP contribution is -1.72. The van der Waals surface area contributed by atoms with Crippen LogP contribution in [0.2, 0.25) is 0 Å². The van der Waals surface area contributed by atoms with Gasteiger partial charge in [0.05, 0.1) is 20.5 Å². The van der Waals surface area contributed by atoms with Gasteiger partial charge in [-0.2, -0.15) is 0 Å². The molecule has 6 aromatic heterocycles. The van der Waals surface area contributed by atoms with Gasteiger partial charge >= 0.3 is 0 Å². The van der Waals surface area contributed by atoms with Crippen LogP contribution in [0.25, 0.3) is 93.7 Å². The predicted octanol–water partition coefficient (Wildman–Crippen LogP) is 13.8. The summed E-state index contributed by atoms with van der Waals surface area (Å²) < 4.78 is 44.3. The lowest BCUT2D eigenvalue weighted by Gasteiger charge is -1.99. The second-order valence-electron chi connectivity index (χ2n) is 11.2.